The average Bonchev–Trinajstić information content (AvgIpc) is 3.41. The number of carbonyl (C=O) groups excluding carboxylic acids is 2. The van der Waals surface area contributed by atoms with Gasteiger partial charge >= 0.3 is 0 Å². The van der Waals surface area contributed by atoms with E-state index in [9.17, 15) is 18.0 Å². The van der Waals surface area contributed by atoms with E-state index in [1.807, 2.05) is 12.1 Å². The van der Waals surface area contributed by atoms with Crippen LogP contribution in [-0.4, -0.2) is 56.0 Å². The van der Waals surface area contributed by atoms with E-state index < -0.39 is 16.1 Å². The predicted molar refractivity (Wildman–Crippen MR) is 125 cm³/mol. The molecule has 2 heterocycles. The number of sulfonamides is 1. The summed E-state index contributed by atoms with van der Waals surface area (Å²) < 4.78 is 32.4. The molecule has 10 heteroatoms. The smallest absolute Gasteiger partial charge is 0.243 e. The van der Waals surface area contributed by atoms with Crippen LogP contribution in [-0.2, 0) is 31.8 Å². The molecule has 1 aromatic carbocycles. The first-order valence-corrected chi connectivity index (χ1v) is 13.2. The van der Waals surface area contributed by atoms with Gasteiger partial charge in [-0.15, -0.1) is 0 Å². The molecule has 174 valence electrons. The Hall–Kier alpha value is -2.30. The zero-order chi connectivity index (χ0) is 23.3. The molecule has 1 atom stereocenters. The number of rotatable bonds is 10. The van der Waals surface area contributed by atoms with E-state index in [2.05, 4.69) is 5.32 Å². The molecule has 1 aromatic heterocycles. The molecular weight excluding hydrogens is 450 g/mol. The Morgan fingerprint density at radius 2 is 2.00 bits per heavy atom. The fourth-order valence-electron chi connectivity index (χ4n) is 3.83. The molecule has 0 saturated heterocycles. The van der Waals surface area contributed by atoms with E-state index >= 15 is 0 Å². The molecule has 0 spiro atoms. The lowest BCUT2D eigenvalue weighted by atomic mass is 10.1. The van der Waals surface area contributed by atoms with Crippen LogP contribution in [0.3, 0.4) is 0 Å². The van der Waals surface area contributed by atoms with Crippen LogP contribution in [0.15, 0.2) is 45.9 Å². The van der Waals surface area contributed by atoms with Crippen molar-refractivity contribution in [2.24, 2.45) is 0 Å². The Morgan fingerprint density at radius 3 is 2.62 bits per heavy atom. The SMILES string of the molecule is CCN(CC)S(=O)(=O)c1ccc2c(c1)CC(C(=O)NCCSCc1ccco1)N2C(C)=O. The number of hydrogen-bond donors (Lipinski definition) is 1. The third-order valence-corrected chi connectivity index (χ3v) is 8.42. The lowest BCUT2D eigenvalue weighted by Gasteiger charge is -2.23. The van der Waals surface area contributed by atoms with Gasteiger partial charge < -0.3 is 9.73 Å². The van der Waals surface area contributed by atoms with Gasteiger partial charge in [0.15, 0.2) is 0 Å². The zero-order valence-corrected chi connectivity index (χ0v) is 20.2. The van der Waals surface area contributed by atoms with Gasteiger partial charge in [0.1, 0.15) is 11.8 Å². The van der Waals surface area contributed by atoms with Crippen LogP contribution in [0, 0.1) is 0 Å². The summed E-state index contributed by atoms with van der Waals surface area (Å²) in [6.45, 7) is 6.20. The van der Waals surface area contributed by atoms with E-state index in [1.165, 1.54) is 22.2 Å². The van der Waals surface area contributed by atoms with Gasteiger partial charge in [0.05, 0.1) is 16.9 Å². The highest BCUT2D eigenvalue weighted by atomic mass is 32.2. The summed E-state index contributed by atoms with van der Waals surface area (Å²) in [5, 5.41) is 2.90. The van der Waals surface area contributed by atoms with Crippen LogP contribution in [0.4, 0.5) is 5.69 Å². The minimum Gasteiger partial charge on any atom is -0.468 e. The normalized spacial score (nSPS) is 15.8. The molecule has 0 fully saturated rings. The number of carbonyl (C=O) groups is 2. The minimum absolute atomic E-state index is 0.179. The van der Waals surface area contributed by atoms with Crippen LogP contribution >= 0.6 is 11.8 Å². The largest absolute Gasteiger partial charge is 0.468 e. The average molecular weight is 480 g/mol. The zero-order valence-electron chi connectivity index (χ0n) is 18.5. The first-order chi connectivity index (χ1) is 15.3. The highest BCUT2D eigenvalue weighted by Crippen LogP contribution is 2.35. The van der Waals surface area contributed by atoms with Gasteiger partial charge in [-0.1, -0.05) is 13.8 Å². The quantitative estimate of drug-likeness (QED) is 0.526. The molecule has 0 radical (unpaired) electrons. The standard InChI is InChI=1S/C22H29N3O5S2/c1-4-24(5-2)32(28,29)19-8-9-20-17(13-19)14-21(25(20)16(3)26)22(27)23-10-12-31-15-18-7-6-11-30-18/h6-9,11,13,21H,4-5,10,12,14-15H2,1-3H3,(H,23,27). The van der Waals surface area contributed by atoms with Gasteiger partial charge in [-0.3, -0.25) is 14.5 Å². The van der Waals surface area contributed by atoms with Crippen LogP contribution in [0.2, 0.25) is 0 Å². The Kier molecular flexibility index (Phi) is 8.02. The number of benzene rings is 1. The number of amides is 2. The molecule has 0 saturated carbocycles. The van der Waals surface area contributed by atoms with Crippen LogP contribution in [0.5, 0.6) is 0 Å². The molecule has 32 heavy (non-hydrogen) atoms. The summed E-state index contributed by atoms with van der Waals surface area (Å²) in [6.07, 6.45) is 1.91. The second-order valence-corrected chi connectivity index (χ2v) is 10.5. The molecule has 0 aliphatic carbocycles. The van der Waals surface area contributed by atoms with Crippen molar-refractivity contribution in [1.82, 2.24) is 9.62 Å². The van der Waals surface area contributed by atoms with Gasteiger partial charge in [-0.2, -0.15) is 16.1 Å². The van der Waals surface area contributed by atoms with Gasteiger partial charge in [0, 0.05) is 44.4 Å². The number of nitrogens with one attached hydrogen (secondary N) is 1. The first kappa shape index (κ1) is 24.3. The molecule has 3 rings (SSSR count). The van der Waals surface area contributed by atoms with Gasteiger partial charge in [-0.25, -0.2) is 8.42 Å². The van der Waals surface area contributed by atoms with E-state index in [0.717, 1.165) is 11.5 Å². The summed E-state index contributed by atoms with van der Waals surface area (Å²) in [5.74, 6) is 1.81. The lowest BCUT2D eigenvalue weighted by molar-refractivity contribution is -0.125. The molecule has 2 amide bonds. The summed E-state index contributed by atoms with van der Waals surface area (Å²) in [4.78, 5) is 26.8. The fraction of sp³-hybridized carbons (Fsp3) is 0.455. The first-order valence-electron chi connectivity index (χ1n) is 10.6. The maximum atomic E-state index is 12.9. The van der Waals surface area contributed by atoms with Crippen molar-refractivity contribution in [3.8, 4) is 0 Å². The predicted octanol–water partition coefficient (Wildman–Crippen LogP) is 2.64. The third-order valence-electron chi connectivity index (χ3n) is 5.39. The number of anilines is 1. The molecule has 1 N–H and O–H groups in total. The maximum absolute atomic E-state index is 12.9. The lowest BCUT2D eigenvalue weighted by Crippen LogP contribution is -2.47. The molecule has 1 unspecified atom stereocenters. The molecule has 8 nitrogen and oxygen atoms in total. The number of furan rings is 1. The van der Waals surface area contributed by atoms with Crippen LogP contribution in [0.25, 0.3) is 0 Å². The maximum Gasteiger partial charge on any atom is 0.243 e. The molecule has 1 aliphatic rings. The van der Waals surface area contributed by atoms with Gasteiger partial charge in [0.2, 0.25) is 21.8 Å². The molecular formula is C22H29N3O5S2. The Labute approximate surface area is 193 Å². The highest BCUT2D eigenvalue weighted by Gasteiger charge is 2.37. The monoisotopic (exact) mass is 479 g/mol. The van der Waals surface area contributed by atoms with E-state index in [-0.39, 0.29) is 23.1 Å². The van der Waals surface area contributed by atoms with Crippen molar-refractivity contribution in [2.45, 2.75) is 43.9 Å². The van der Waals surface area contributed by atoms with Crippen LogP contribution in [0.1, 0.15) is 32.1 Å². The second-order valence-electron chi connectivity index (χ2n) is 7.41. The highest BCUT2D eigenvalue weighted by molar-refractivity contribution is 7.98. The van der Waals surface area contributed by atoms with Crippen molar-refractivity contribution >= 4 is 39.3 Å². The van der Waals surface area contributed by atoms with Gasteiger partial charge in [-0.05, 0) is 35.9 Å². The molecule has 0 bridgehead atoms. The number of fused-ring (bicyclic) bond motifs is 1. The number of hydrogen-bond acceptors (Lipinski definition) is 6. The van der Waals surface area contributed by atoms with Crippen molar-refractivity contribution < 1.29 is 22.4 Å². The molecule has 1 aliphatic heterocycles. The second kappa shape index (κ2) is 10.5. The summed E-state index contributed by atoms with van der Waals surface area (Å²) in [7, 11) is -3.62. The Balaban J connectivity index is 1.67. The topological polar surface area (TPSA) is 99.9 Å². The number of thioether (sulfide) groups is 1. The summed E-state index contributed by atoms with van der Waals surface area (Å²) in [6, 6.07) is 7.77. The van der Waals surface area contributed by atoms with Crippen LogP contribution < -0.4 is 10.2 Å². The molecule has 2 aromatic rings. The van der Waals surface area contributed by atoms with Gasteiger partial charge in [0.25, 0.3) is 0 Å². The van der Waals surface area contributed by atoms with Crippen molar-refractivity contribution in [3.63, 3.8) is 0 Å². The Morgan fingerprint density at radius 1 is 1.25 bits per heavy atom. The fourth-order valence-corrected chi connectivity index (χ4v) is 6.10. The number of nitrogens with zero attached hydrogens (tertiary/aromatic N) is 2. The van der Waals surface area contributed by atoms with E-state index in [0.29, 0.717) is 36.6 Å². The summed E-state index contributed by atoms with van der Waals surface area (Å²) >= 11 is 1.64. The minimum atomic E-state index is -3.62. The van der Waals surface area contributed by atoms with Crippen molar-refractivity contribution in [1.29, 1.82) is 0 Å². The van der Waals surface area contributed by atoms with E-state index in [1.54, 1.807) is 44.0 Å². The van der Waals surface area contributed by atoms with E-state index in [4.69, 9.17) is 4.42 Å². The third kappa shape index (κ3) is 5.19. The van der Waals surface area contributed by atoms with Crippen molar-refractivity contribution in [2.75, 3.05) is 30.3 Å². The Bertz CT molecular complexity index is 1050. The summed E-state index contributed by atoms with van der Waals surface area (Å²) in [5.41, 5.74) is 1.27. The van der Waals surface area contributed by atoms with Crippen molar-refractivity contribution in [3.05, 3.63) is 47.9 Å².